The van der Waals surface area contributed by atoms with Crippen LogP contribution in [0.25, 0.3) is 0 Å². The van der Waals surface area contributed by atoms with Crippen molar-refractivity contribution in [2.45, 2.75) is 38.0 Å². The number of sulfonamides is 1. The van der Waals surface area contributed by atoms with E-state index in [0.29, 0.717) is 42.7 Å². The number of benzene rings is 2. The highest BCUT2D eigenvalue weighted by Gasteiger charge is 2.28. The van der Waals surface area contributed by atoms with Crippen molar-refractivity contribution in [1.29, 1.82) is 0 Å². The molecule has 1 heterocycles. The fourth-order valence-corrected chi connectivity index (χ4v) is 4.99. The van der Waals surface area contributed by atoms with E-state index in [0.717, 1.165) is 19.3 Å². The predicted octanol–water partition coefficient (Wildman–Crippen LogP) is 4.19. The molecule has 0 radical (unpaired) electrons. The van der Waals surface area contributed by atoms with Gasteiger partial charge in [-0.05, 0) is 49.1 Å². The maximum absolute atomic E-state index is 13.1. The summed E-state index contributed by atoms with van der Waals surface area (Å²) in [6.45, 7) is 5.94. The number of nitrogens with zero attached hydrogens (tertiary/aromatic N) is 1. The van der Waals surface area contributed by atoms with Crippen LogP contribution >= 0.6 is 0 Å². The maximum atomic E-state index is 13.1. The molecule has 1 aliphatic rings. The summed E-state index contributed by atoms with van der Waals surface area (Å²) in [7, 11) is -2.09. The van der Waals surface area contributed by atoms with Crippen LogP contribution in [-0.4, -0.2) is 45.4 Å². The minimum Gasteiger partial charge on any atom is -0.497 e. The largest absolute Gasteiger partial charge is 0.497 e. The second-order valence-electron chi connectivity index (χ2n) is 7.94. The third-order valence-corrected chi connectivity index (χ3v) is 7.43. The number of hydrogen-bond acceptors (Lipinski definition) is 5. The second-order valence-corrected chi connectivity index (χ2v) is 9.88. The van der Waals surface area contributed by atoms with Gasteiger partial charge in [-0.15, -0.1) is 0 Å². The molecule has 168 valence electrons. The lowest BCUT2D eigenvalue weighted by Crippen LogP contribution is -2.28. The van der Waals surface area contributed by atoms with Crippen molar-refractivity contribution in [3.63, 3.8) is 0 Å². The van der Waals surface area contributed by atoms with Gasteiger partial charge in [0.15, 0.2) is 0 Å². The van der Waals surface area contributed by atoms with Gasteiger partial charge < -0.3 is 15.4 Å². The van der Waals surface area contributed by atoms with E-state index in [1.807, 2.05) is 0 Å². The molecule has 0 aromatic heterocycles. The number of nitrogens with one attached hydrogen (secondary N) is 2. The molecule has 1 amide bonds. The Balaban J connectivity index is 1.92. The number of methoxy groups -OCH3 is 1. The first-order valence-corrected chi connectivity index (χ1v) is 12.1. The van der Waals surface area contributed by atoms with Gasteiger partial charge in [0.25, 0.3) is 5.91 Å². The molecule has 0 spiro atoms. The van der Waals surface area contributed by atoms with Gasteiger partial charge in [-0.1, -0.05) is 26.3 Å². The van der Waals surface area contributed by atoms with Crippen LogP contribution in [-0.2, 0) is 10.0 Å². The molecule has 1 aliphatic heterocycles. The number of anilines is 2. The van der Waals surface area contributed by atoms with Crippen LogP contribution in [0.3, 0.4) is 0 Å². The van der Waals surface area contributed by atoms with Crippen LogP contribution in [0.4, 0.5) is 11.4 Å². The number of hydrogen-bond donors (Lipinski definition) is 2. The Morgan fingerprint density at radius 3 is 2.55 bits per heavy atom. The summed E-state index contributed by atoms with van der Waals surface area (Å²) in [4.78, 5) is 13.1. The van der Waals surface area contributed by atoms with E-state index in [1.54, 1.807) is 43.5 Å². The fraction of sp³-hybridized carbons (Fsp3) is 0.435. The molecule has 2 aromatic carbocycles. The summed E-state index contributed by atoms with van der Waals surface area (Å²) in [6, 6.07) is 11.8. The molecule has 2 aromatic rings. The Morgan fingerprint density at radius 1 is 1.13 bits per heavy atom. The van der Waals surface area contributed by atoms with Crippen molar-refractivity contribution in [2.75, 3.05) is 37.4 Å². The molecule has 2 N–H and O–H groups in total. The van der Waals surface area contributed by atoms with E-state index < -0.39 is 10.0 Å². The first kappa shape index (κ1) is 23.1. The Morgan fingerprint density at radius 2 is 1.87 bits per heavy atom. The minimum absolute atomic E-state index is 0.138. The summed E-state index contributed by atoms with van der Waals surface area (Å²) in [5, 5.41) is 6.12. The van der Waals surface area contributed by atoms with E-state index in [4.69, 9.17) is 4.74 Å². The highest BCUT2D eigenvalue weighted by atomic mass is 32.2. The van der Waals surface area contributed by atoms with Crippen LogP contribution < -0.4 is 15.4 Å². The molecule has 0 unspecified atom stereocenters. The zero-order chi connectivity index (χ0) is 22.4. The quantitative estimate of drug-likeness (QED) is 0.604. The monoisotopic (exact) mass is 445 g/mol. The number of ether oxygens (including phenoxy) is 1. The average Bonchev–Trinajstić information content (AvgIpc) is 3.33. The molecule has 0 aliphatic carbocycles. The zero-order valence-electron chi connectivity index (χ0n) is 18.3. The lowest BCUT2D eigenvalue weighted by atomic mass is 10.1. The summed E-state index contributed by atoms with van der Waals surface area (Å²) in [5.74, 6) is 0.672. The van der Waals surface area contributed by atoms with Gasteiger partial charge in [0.2, 0.25) is 10.0 Å². The van der Waals surface area contributed by atoms with Crippen molar-refractivity contribution in [3.05, 3.63) is 48.0 Å². The van der Waals surface area contributed by atoms with E-state index in [1.165, 1.54) is 10.4 Å². The van der Waals surface area contributed by atoms with Gasteiger partial charge in [0.1, 0.15) is 5.75 Å². The second kappa shape index (κ2) is 10.2. The molecular formula is C23H31N3O4S. The Hall–Kier alpha value is -2.58. The zero-order valence-corrected chi connectivity index (χ0v) is 19.2. The van der Waals surface area contributed by atoms with Crippen LogP contribution in [0.5, 0.6) is 5.75 Å². The highest BCUT2D eigenvalue weighted by Crippen LogP contribution is 2.26. The van der Waals surface area contributed by atoms with Crippen molar-refractivity contribution in [3.8, 4) is 5.75 Å². The molecular weight excluding hydrogens is 414 g/mol. The average molecular weight is 446 g/mol. The van der Waals surface area contributed by atoms with Crippen molar-refractivity contribution >= 4 is 27.3 Å². The Labute approximate surface area is 184 Å². The van der Waals surface area contributed by atoms with Gasteiger partial charge in [-0.3, -0.25) is 4.79 Å². The normalized spacial score (nSPS) is 15.5. The molecule has 7 nitrogen and oxygen atoms in total. The molecule has 1 atom stereocenters. The van der Waals surface area contributed by atoms with E-state index >= 15 is 0 Å². The van der Waals surface area contributed by atoms with Crippen LogP contribution in [0.2, 0.25) is 0 Å². The molecule has 1 fully saturated rings. The summed E-state index contributed by atoms with van der Waals surface area (Å²) < 4.78 is 33.0. The Kier molecular flexibility index (Phi) is 7.56. The predicted molar refractivity (Wildman–Crippen MR) is 123 cm³/mol. The number of carbonyl (C=O) groups is 1. The van der Waals surface area contributed by atoms with Gasteiger partial charge in [-0.25, -0.2) is 8.42 Å². The standard InChI is InChI=1S/C23H31N3O4S/c1-4-17(2)16-24-20-12-18(23(27)25-19-8-7-9-21(14-19)30-3)13-22(15-20)31(28,29)26-10-5-6-11-26/h7-9,12-15,17,24H,4-6,10-11,16H2,1-3H3,(H,25,27)/t17-/m1/s1. The molecule has 3 rings (SSSR count). The van der Waals surface area contributed by atoms with Gasteiger partial charge in [0, 0.05) is 42.6 Å². The smallest absolute Gasteiger partial charge is 0.255 e. The number of carbonyl (C=O) groups excluding carboxylic acids is 1. The minimum atomic E-state index is -3.65. The van der Waals surface area contributed by atoms with Crippen LogP contribution in [0.1, 0.15) is 43.5 Å². The van der Waals surface area contributed by atoms with E-state index in [9.17, 15) is 13.2 Å². The van der Waals surface area contributed by atoms with Crippen molar-refractivity contribution in [2.24, 2.45) is 5.92 Å². The van der Waals surface area contributed by atoms with Gasteiger partial charge >= 0.3 is 0 Å². The maximum Gasteiger partial charge on any atom is 0.255 e. The summed E-state index contributed by atoms with van der Waals surface area (Å²) in [5.41, 5.74) is 1.48. The van der Waals surface area contributed by atoms with Crippen molar-refractivity contribution in [1.82, 2.24) is 4.31 Å². The molecule has 31 heavy (non-hydrogen) atoms. The summed E-state index contributed by atoms with van der Waals surface area (Å²) in [6.07, 6.45) is 2.71. The lowest BCUT2D eigenvalue weighted by Gasteiger charge is -2.18. The van der Waals surface area contributed by atoms with Crippen LogP contribution in [0, 0.1) is 5.92 Å². The third kappa shape index (κ3) is 5.77. The van der Waals surface area contributed by atoms with E-state index in [2.05, 4.69) is 24.5 Å². The number of amides is 1. The molecule has 0 bridgehead atoms. The first-order chi connectivity index (χ1) is 14.8. The fourth-order valence-electron chi connectivity index (χ4n) is 3.40. The lowest BCUT2D eigenvalue weighted by molar-refractivity contribution is 0.102. The summed E-state index contributed by atoms with van der Waals surface area (Å²) >= 11 is 0. The van der Waals surface area contributed by atoms with E-state index in [-0.39, 0.29) is 16.4 Å². The van der Waals surface area contributed by atoms with Crippen molar-refractivity contribution < 1.29 is 17.9 Å². The van der Waals surface area contributed by atoms with Gasteiger partial charge in [-0.2, -0.15) is 4.31 Å². The number of rotatable bonds is 9. The SMILES string of the molecule is CC[C@@H](C)CNc1cc(C(=O)Nc2cccc(OC)c2)cc(S(=O)(=O)N2CCCC2)c1. The van der Waals surface area contributed by atoms with Gasteiger partial charge in [0.05, 0.1) is 12.0 Å². The molecule has 1 saturated heterocycles. The molecule has 0 saturated carbocycles. The topological polar surface area (TPSA) is 87.7 Å². The molecule has 8 heteroatoms. The highest BCUT2D eigenvalue weighted by molar-refractivity contribution is 7.89. The Bertz CT molecular complexity index is 1020. The third-order valence-electron chi connectivity index (χ3n) is 5.55. The van der Waals surface area contributed by atoms with Crippen LogP contribution in [0.15, 0.2) is 47.4 Å². The first-order valence-electron chi connectivity index (χ1n) is 10.7.